The number of carbonyl (C=O) groups excluding carboxylic acids is 3. The van der Waals surface area contributed by atoms with Crippen molar-refractivity contribution >= 4 is 79.2 Å². The van der Waals surface area contributed by atoms with Crippen molar-refractivity contribution in [3.05, 3.63) is 176 Å². The molecule has 728 valence electrons. The van der Waals surface area contributed by atoms with Gasteiger partial charge in [-0.25, -0.2) is 49.1 Å². The molecule has 46 nitrogen and oxygen atoms in total. The maximum Gasteiger partial charge on any atom is 0.299 e. The van der Waals surface area contributed by atoms with Crippen LogP contribution in [0.2, 0.25) is 5.02 Å². The van der Waals surface area contributed by atoms with Crippen LogP contribution in [0.15, 0.2) is 63.8 Å². The molecular weight excluding hydrogens is 1780 g/mol. The number of nitrogen functional groups attached to an aromatic ring is 1. The molecule has 14 aromatic rings. The number of aromatic amines is 4. The Bertz CT molecular complexity index is 6130. The molecule has 7 saturated carbocycles. The number of carbonyl (C=O) groups is 3. The number of halogens is 1. The predicted molar refractivity (Wildman–Crippen MR) is 508 cm³/mol. The van der Waals surface area contributed by atoms with E-state index in [0.29, 0.717) is 76.2 Å². The highest BCUT2D eigenvalue weighted by Gasteiger charge is 2.35. The third-order valence-corrected chi connectivity index (χ3v) is 23.2. The number of likely N-dealkylation sites (N-methyl/N-ethyl adjacent to an activating group) is 1. The molecule has 7 aliphatic carbocycles. The lowest BCUT2D eigenvalue weighted by molar-refractivity contribution is -0.114. The van der Waals surface area contributed by atoms with Gasteiger partial charge in [0.1, 0.15) is 64.1 Å². The predicted octanol–water partition coefficient (Wildman–Crippen LogP) is 10.0. The average molecular weight is 1910 g/mol. The second-order valence-electron chi connectivity index (χ2n) is 34.3. The van der Waals surface area contributed by atoms with Crippen LogP contribution in [-0.4, -0.2) is 258 Å². The number of rotatable bonds is 11. The number of aryl methyl sites for hydroxylation is 15. The largest absolute Gasteiger partial charge is 0.378 e. The molecule has 15 heterocycles. The Labute approximate surface area is 793 Å². The first kappa shape index (κ1) is 102. The summed E-state index contributed by atoms with van der Waals surface area (Å²) in [7, 11) is 5.17. The second kappa shape index (κ2) is 47.7. The number of ketones is 1. The Morgan fingerprint density at radius 2 is 1.06 bits per heavy atom. The number of morpholine rings is 2. The topological polar surface area (TPSA) is 572 Å². The molecule has 48 heteroatoms. The van der Waals surface area contributed by atoms with Gasteiger partial charge in [-0.2, -0.15) is 44.2 Å². The van der Waals surface area contributed by atoms with Crippen LogP contribution in [0.25, 0.3) is 11.0 Å². The highest BCUT2D eigenvalue weighted by atomic mass is 35.5. The van der Waals surface area contributed by atoms with E-state index in [9.17, 15) is 18.6 Å². The number of tetrazole rings is 1. The fourth-order valence-electron chi connectivity index (χ4n) is 13.7. The van der Waals surface area contributed by atoms with Gasteiger partial charge < -0.3 is 49.7 Å². The number of amides is 2. The standard InChI is InChI=1S/C9H13N3O.C9H7NO2.C8H7ClN2.C8H13N3OS.C8H13N3.C7H12N4O.3C7H11N3.C6H8N2O.C5H8N4.C4H6N4O.C3H5N3O/c1-8-10-3-2-9(11-8)12-4-6-13-7-5-12;1-10-7-5-3-2-4-6(7)8(11)9(10)12;1-5-10-7-3-2-6(9)4-8(7)11-5;1-6-9-8(7-4-5-7)10-11(6)13(2,3)12;1-6-9-8(11-10-6)7-4-2-3-5-7;1-6-8-7(10-9-6)11-2-4-12-5-3-11;2*1-5-8-7(6-3-4-6)9-10(5)2;1-5-8-7(6-3-4-6)10(2)9-5;1-4-7-6(8-9-4)5-2-3-5;1-4-6-8-9(7-4)5-2-3-5;1-2-6-4(3(5)9)8-7-2;1-2-5-3(4)6-7-2/h2-3H,4-7H2,1H3;2-5H,1H3;2-4H,1H3,(H,10,11);7H,2,4-5H2,1,3H3;7H,2-5H2,1H3,(H,9,10,11);2-5H2,1H3,(H,8,9,10);3*6H,3-4H2,1-2H3;2*5H,2-3H2,1H3;1H3,(H2,5,9)(H,6,7,8);1H3,(H2,4,6). The second-order valence-corrected chi connectivity index (χ2v) is 37.0. The molecule has 3 aliphatic heterocycles. The van der Waals surface area contributed by atoms with E-state index in [0.717, 1.165) is 175 Å². The molecule has 0 spiro atoms. The van der Waals surface area contributed by atoms with Crippen LogP contribution < -0.4 is 26.2 Å². The zero-order chi connectivity index (χ0) is 97.4. The fraction of sp³-hybridized carbons (Fsp3) is 0.545. The van der Waals surface area contributed by atoms with E-state index in [1.54, 1.807) is 62.4 Å². The number of para-hydroxylation sites is 1. The summed E-state index contributed by atoms with van der Waals surface area (Å²) in [5, 5.41) is 56.4. The summed E-state index contributed by atoms with van der Waals surface area (Å²) in [6.07, 6.45) is 23.6. The van der Waals surface area contributed by atoms with Gasteiger partial charge in [-0.3, -0.25) is 43.7 Å². The number of nitrogens with one attached hydrogen (secondary N) is 4. The molecule has 12 aromatic heterocycles. The van der Waals surface area contributed by atoms with Gasteiger partial charge >= 0.3 is 0 Å². The third-order valence-electron chi connectivity index (χ3n) is 21.9. The molecule has 2 saturated heterocycles. The van der Waals surface area contributed by atoms with Gasteiger partial charge in [-0.15, -0.1) is 25.5 Å². The van der Waals surface area contributed by atoms with Gasteiger partial charge in [0.15, 0.2) is 34.9 Å². The number of Topliss-reactive ketones (excluding diaryl/α,β-unsaturated/α-hetero) is 1. The number of benzene rings is 2. The third kappa shape index (κ3) is 31.6. The molecule has 0 bridgehead atoms. The van der Waals surface area contributed by atoms with E-state index in [-0.39, 0.29) is 11.8 Å². The summed E-state index contributed by atoms with van der Waals surface area (Å²) >= 11 is 5.78. The van der Waals surface area contributed by atoms with Gasteiger partial charge in [-0.05, 0) is 212 Å². The van der Waals surface area contributed by atoms with Crippen LogP contribution >= 0.6 is 11.6 Å². The van der Waals surface area contributed by atoms with Crippen LogP contribution in [0.4, 0.5) is 23.4 Å². The zero-order valence-electron chi connectivity index (χ0n) is 80.4. The van der Waals surface area contributed by atoms with Gasteiger partial charge in [-0.1, -0.05) is 41.7 Å². The summed E-state index contributed by atoms with van der Waals surface area (Å²) in [4.78, 5) is 93.0. The first-order valence-corrected chi connectivity index (χ1v) is 48.0. The SMILES string of the molecule is C=S(C)(=O)n1nc(C2CC2)nc1C.CN1C(=O)C(=O)c2ccccc21.Cc1nc(C(N)=O)n[nH]1.Cc1nc(C2CC2)n(C)n1.Cc1nc(C2CC2)nn1C.Cc1nc(C2CC2)nn1C.Cc1nc(C2CC2)no1.Cc1nc(C2CCCC2)n[nH]1.Cc1nc(N)no1.Cc1nc(N2CCOCC2)n[nH]1.Cc1nc2ccc(Cl)cc2[nH]1.Cc1nccc(N2CCOCC2)n1.Cc1nnn(C2CC2)n1. The summed E-state index contributed by atoms with van der Waals surface area (Å²) in [6.45, 7) is 29.2. The molecule has 24 rings (SSSR count). The molecular formula is C88H125ClN38O8S. The number of anilines is 4. The highest BCUT2D eigenvalue weighted by molar-refractivity contribution is 7.98. The van der Waals surface area contributed by atoms with E-state index in [2.05, 4.69) is 162 Å². The Morgan fingerprint density at radius 3 is 1.50 bits per heavy atom. The smallest absolute Gasteiger partial charge is 0.299 e. The Morgan fingerprint density at radius 1 is 0.515 bits per heavy atom. The van der Waals surface area contributed by atoms with Crippen molar-refractivity contribution in [2.24, 2.45) is 26.9 Å². The van der Waals surface area contributed by atoms with E-state index >= 15 is 0 Å². The van der Waals surface area contributed by atoms with Crippen molar-refractivity contribution in [1.82, 2.24) is 164 Å². The van der Waals surface area contributed by atoms with E-state index in [1.165, 1.54) is 98.9 Å². The van der Waals surface area contributed by atoms with Crippen LogP contribution in [0, 0.1) is 83.1 Å². The summed E-state index contributed by atoms with van der Waals surface area (Å²) in [6, 6.07) is 15.1. The number of nitrogens with zero attached hydrogens (tertiary/aromatic N) is 32. The van der Waals surface area contributed by atoms with Gasteiger partial charge in [0.05, 0.1) is 64.5 Å². The first-order chi connectivity index (χ1) is 65.1. The van der Waals surface area contributed by atoms with Crippen LogP contribution in [-0.2, 0) is 45.1 Å². The highest BCUT2D eigenvalue weighted by Crippen LogP contribution is 2.42. The zero-order valence-corrected chi connectivity index (χ0v) is 82.0. The molecule has 0 radical (unpaired) electrons. The number of fused-ring (bicyclic) bond motifs is 2. The first-order valence-electron chi connectivity index (χ1n) is 45.5. The number of H-pyrrole nitrogens is 4. The van der Waals surface area contributed by atoms with Crippen molar-refractivity contribution in [1.29, 1.82) is 0 Å². The Hall–Kier alpha value is -13.4. The lowest BCUT2D eigenvalue weighted by atomic mass is 10.1. The lowest BCUT2D eigenvalue weighted by Gasteiger charge is -2.27. The number of aromatic nitrogens is 33. The Balaban J connectivity index is 0.000000133. The minimum absolute atomic E-state index is 0.0347. The van der Waals surface area contributed by atoms with Gasteiger partial charge in [0.25, 0.3) is 23.5 Å². The maximum atomic E-state index is 11.6. The lowest BCUT2D eigenvalue weighted by Crippen LogP contribution is -2.36. The van der Waals surface area contributed by atoms with Crippen molar-refractivity contribution in [3.8, 4) is 0 Å². The molecule has 9 fully saturated rings. The van der Waals surface area contributed by atoms with Crippen LogP contribution in [0.1, 0.15) is 270 Å². The summed E-state index contributed by atoms with van der Waals surface area (Å²) in [5.41, 5.74) is 13.1. The number of ether oxygens (including phenoxy) is 2. The number of primary amides is 1. The minimum atomic E-state index is -2.28. The molecule has 2 amide bonds. The molecule has 10 aliphatic rings. The molecule has 1 unspecified atom stereocenters. The quantitative estimate of drug-likeness (QED) is 0.0517. The van der Waals surface area contributed by atoms with Crippen LogP contribution in [0.5, 0.6) is 0 Å². The van der Waals surface area contributed by atoms with Gasteiger partial charge in [0, 0.05) is 121 Å². The number of nitrogens with two attached hydrogens (primary N) is 2. The fourth-order valence-corrected chi connectivity index (χ4v) is 14.7. The van der Waals surface area contributed by atoms with Crippen molar-refractivity contribution in [2.45, 2.75) is 227 Å². The van der Waals surface area contributed by atoms with E-state index < -0.39 is 27.3 Å². The van der Waals surface area contributed by atoms with Gasteiger partial charge in [0.2, 0.25) is 23.6 Å². The molecule has 1 atom stereocenters. The minimum Gasteiger partial charge on any atom is -0.378 e. The van der Waals surface area contributed by atoms with E-state index in [4.69, 9.17) is 37.1 Å². The van der Waals surface area contributed by atoms with Crippen molar-refractivity contribution < 1.29 is 37.1 Å². The van der Waals surface area contributed by atoms with Crippen molar-refractivity contribution in [3.63, 3.8) is 0 Å². The molecule has 136 heavy (non-hydrogen) atoms. The summed E-state index contributed by atoms with van der Waals surface area (Å²) in [5.74, 6) is 23.7. The maximum absolute atomic E-state index is 11.6. The Kier molecular flexibility index (Phi) is 35.6. The number of hydrogen-bond acceptors (Lipinski definition) is 35. The summed E-state index contributed by atoms with van der Waals surface area (Å²) < 4.78 is 38.4. The normalized spacial score (nSPS) is 16.6. The number of imidazole rings is 1. The molecule has 2 aromatic carbocycles. The van der Waals surface area contributed by atoms with Crippen molar-refractivity contribution in [2.75, 3.05) is 86.3 Å². The van der Waals surface area contributed by atoms with E-state index in [1.807, 2.05) is 129 Å². The van der Waals surface area contributed by atoms with Crippen LogP contribution in [0.3, 0.4) is 0 Å². The number of hydrogen-bond donors (Lipinski definition) is 6. The molecule has 8 N–H and O–H groups in total. The monoisotopic (exact) mass is 1910 g/mol. The average Bonchev–Trinajstić information content (AvgIpc) is 1.65.